The Balaban J connectivity index is 2.17. The summed E-state index contributed by atoms with van der Waals surface area (Å²) in [6, 6.07) is 5.96. The molecular formula is C16H25NO3. The third-order valence-corrected chi connectivity index (χ3v) is 4.04. The summed E-state index contributed by atoms with van der Waals surface area (Å²) in [5, 5.41) is 10.1. The van der Waals surface area contributed by atoms with E-state index in [1.165, 1.54) is 0 Å². The molecule has 20 heavy (non-hydrogen) atoms. The molecule has 1 aliphatic heterocycles. The summed E-state index contributed by atoms with van der Waals surface area (Å²) < 4.78 is 10.6. The van der Waals surface area contributed by atoms with Crippen molar-refractivity contribution in [1.29, 1.82) is 0 Å². The number of hydrogen-bond donors (Lipinski definition) is 1. The number of nitrogens with zero attached hydrogens (tertiary/aromatic N) is 1. The highest BCUT2D eigenvalue weighted by molar-refractivity contribution is 5.60. The van der Waals surface area contributed by atoms with E-state index in [-0.39, 0.29) is 0 Å². The van der Waals surface area contributed by atoms with Crippen molar-refractivity contribution in [3.8, 4) is 5.75 Å². The van der Waals surface area contributed by atoms with Gasteiger partial charge < -0.3 is 19.5 Å². The first-order valence-electron chi connectivity index (χ1n) is 7.26. The average molecular weight is 279 g/mol. The molecule has 1 heterocycles. The first-order valence-corrected chi connectivity index (χ1v) is 7.26. The lowest BCUT2D eigenvalue weighted by atomic mass is 9.96. The smallest absolute Gasteiger partial charge is 0.126 e. The van der Waals surface area contributed by atoms with Crippen LogP contribution in [-0.4, -0.2) is 39.0 Å². The van der Waals surface area contributed by atoms with Gasteiger partial charge in [0, 0.05) is 38.1 Å². The van der Waals surface area contributed by atoms with Crippen LogP contribution in [0.2, 0.25) is 0 Å². The highest BCUT2D eigenvalue weighted by atomic mass is 16.5. The van der Waals surface area contributed by atoms with Gasteiger partial charge in [0.2, 0.25) is 0 Å². The second-order valence-electron chi connectivity index (χ2n) is 5.45. The van der Waals surface area contributed by atoms with Crippen molar-refractivity contribution in [2.75, 3.05) is 38.8 Å². The lowest BCUT2D eigenvalue weighted by molar-refractivity contribution is 0.139. The standard InChI is InChI=1S/C16H25NO3/c1-12(18)16-14(5-4-6-15(16)20-3)17-9-7-13(8-10-17)11-19-2/h4-6,12-13,18H,7-11H2,1-3H3. The maximum Gasteiger partial charge on any atom is 0.126 e. The Morgan fingerprint density at radius 2 is 2.00 bits per heavy atom. The van der Waals surface area contributed by atoms with E-state index < -0.39 is 6.10 Å². The fourth-order valence-corrected chi connectivity index (χ4v) is 2.98. The summed E-state index contributed by atoms with van der Waals surface area (Å²) in [4.78, 5) is 2.34. The quantitative estimate of drug-likeness (QED) is 0.899. The molecule has 4 nitrogen and oxygen atoms in total. The van der Waals surface area contributed by atoms with Crippen molar-refractivity contribution < 1.29 is 14.6 Å². The van der Waals surface area contributed by atoms with Crippen LogP contribution in [-0.2, 0) is 4.74 Å². The summed E-state index contributed by atoms with van der Waals surface area (Å²) in [5.74, 6) is 1.41. The first kappa shape index (κ1) is 15.1. The van der Waals surface area contributed by atoms with Crippen molar-refractivity contribution >= 4 is 5.69 Å². The molecule has 2 rings (SSSR count). The maximum atomic E-state index is 10.1. The molecule has 112 valence electrons. The third kappa shape index (κ3) is 3.25. The van der Waals surface area contributed by atoms with Crippen LogP contribution in [0, 0.1) is 5.92 Å². The molecule has 0 aliphatic carbocycles. The van der Waals surface area contributed by atoms with Gasteiger partial charge in [0.1, 0.15) is 5.75 Å². The molecule has 4 heteroatoms. The van der Waals surface area contributed by atoms with Gasteiger partial charge in [0.05, 0.1) is 13.2 Å². The van der Waals surface area contributed by atoms with Gasteiger partial charge in [-0.05, 0) is 37.8 Å². The van der Waals surface area contributed by atoms with E-state index in [1.54, 1.807) is 21.1 Å². The molecule has 0 bridgehead atoms. The minimum absolute atomic E-state index is 0.530. The van der Waals surface area contributed by atoms with Crippen LogP contribution >= 0.6 is 0 Å². The average Bonchev–Trinajstić information content (AvgIpc) is 2.47. The monoisotopic (exact) mass is 279 g/mol. The van der Waals surface area contributed by atoms with E-state index in [9.17, 15) is 5.11 Å². The van der Waals surface area contributed by atoms with E-state index in [2.05, 4.69) is 11.0 Å². The Hall–Kier alpha value is -1.26. The first-order chi connectivity index (χ1) is 9.67. The van der Waals surface area contributed by atoms with E-state index >= 15 is 0 Å². The molecule has 1 atom stereocenters. The van der Waals surface area contributed by atoms with Crippen molar-refractivity contribution in [1.82, 2.24) is 0 Å². The van der Waals surface area contributed by atoms with Gasteiger partial charge in [0.15, 0.2) is 0 Å². The molecule has 1 fully saturated rings. The highest BCUT2D eigenvalue weighted by Crippen LogP contribution is 2.36. The van der Waals surface area contributed by atoms with E-state index in [1.807, 2.05) is 12.1 Å². The number of benzene rings is 1. The zero-order valence-corrected chi connectivity index (χ0v) is 12.6. The summed E-state index contributed by atoms with van der Waals surface area (Å²) in [6.07, 6.45) is 1.73. The molecular weight excluding hydrogens is 254 g/mol. The van der Waals surface area contributed by atoms with Gasteiger partial charge in [-0.1, -0.05) is 6.07 Å². The van der Waals surface area contributed by atoms with Crippen LogP contribution in [0.4, 0.5) is 5.69 Å². The van der Waals surface area contributed by atoms with Crippen molar-refractivity contribution in [3.63, 3.8) is 0 Å². The predicted molar refractivity (Wildman–Crippen MR) is 80.4 cm³/mol. The zero-order chi connectivity index (χ0) is 14.5. The SMILES string of the molecule is COCC1CCN(c2cccc(OC)c2C(C)O)CC1. The highest BCUT2D eigenvalue weighted by Gasteiger charge is 2.23. The Labute approximate surface area is 121 Å². The van der Waals surface area contributed by atoms with Crippen LogP contribution in [0.15, 0.2) is 18.2 Å². The fraction of sp³-hybridized carbons (Fsp3) is 0.625. The van der Waals surface area contributed by atoms with Crippen LogP contribution in [0.3, 0.4) is 0 Å². The van der Waals surface area contributed by atoms with Crippen LogP contribution < -0.4 is 9.64 Å². The second-order valence-corrected chi connectivity index (χ2v) is 5.45. The molecule has 1 unspecified atom stereocenters. The number of aliphatic hydroxyl groups is 1. The largest absolute Gasteiger partial charge is 0.496 e. The summed E-state index contributed by atoms with van der Waals surface area (Å²) >= 11 is 0. The number of ether oxygens (including phenoxy) is 2. The molecule has 1 N–H and O–H groups in total. The molecule has 0 saturated carbocycles. The van der Waals surface area contributed by atoms with Gasteiger partial charge in [-0.2, -0.15) is 0 Å². The molecule has 1 aromatic carbocycles. The topological polar surface area (TPSA) is 41.9 Å². The predicted octanol–water partition coefficient (Wildman–Crippen LogP) is 2.61. The molecule has 0 amide bonds. The van der Waals surface area contributed by atoms with Gasteiger partial charge >= 0.3 is 0 Å². The van der Waals surface area contributed by atoms with Crippen LogP contribution in [0.1, 0.15) is 31.4 Å². The Morgan fingerprint density at radius 3 is 2.55 bits per heavy atom. The van der Waals surface area contributed by atoms with Gasteiger partial charge in [-0.3, -0.25) is 0 Å². The van der Waals surface area contributed by atoms with Crippen molar-refractivity contribution in [2.24, 2.45) is 5.92 Å². The number of aliphatic hydroxyl groups excluding tert-OH is 1. The van der Waals surface area contributed by atoms with Crippen LogP contribution in [0.25, 0.3) is 0 Å². The molecule has 0 aromatic heterocycles. The van der Waals surface area contributed by atoms with Crippen molar-refractivity contribution in [2.45, 2.75) is 25.9 Å². The molecule has 0 radical (unpaired) electrons. The van der Waals surface area contributed by atoms with Gasteiger partial charge in [-0.15, -0.1) is 0 Å². The number of methoxy groups -OCH3 is 2. The summed E-state index contributed by atoms with van der Waals surface area (Å²) in [5.41, 5.74) is 1.98. The Morgan fingerprint density at radius 1 is 1.30 bits per heavy atom. The number of hydrogen-bond acceptors (Lipinski definition) is 4. The van der Waals surface area contributed by atoms with Gasteiger partial charge in [-0.25, -0.2) is 0 Å². The Kier molecular flexibility index (Phi) is 5.26. The molecule has 0 spiro atoms. The molecule has 1 saturated heterocycles. The third-order valence-electron chi connectivity index (χ3n) is 4.04. The zero-order valence-electron chi connectivity index (χ0n) is 12.6. The lowest BCUT2D eigenvalue weighted by Crippen LogP contribution is -2.35. The minimum Gasteiger partial charge on any atom is -0.496 e. The van der Waals surface area contributed by atoms with Crippen LogP contribution in [0.5, 0.6) is 5.75 Å². The van der Waals surface area contributed by atoms with E-state index in [0.717, 1.165) is 49.5 Å². The molecule has 1 aliphatic rings. The second kappa shape index (κ2) is 6.95. The lowest BCUT2D eigenvalue weighted by Gasteiger charge is -2.35. The van der Waals surface area contributed by atoms with E-state index in [4.69, 9.17) is 9.47 Å². The summed E-state index contributed by atoms with van der Waals surface area (Å²) in [6.45, 7) is 4.63. The number of piperidine rings is 1. The minimum atomic E-state index is -0.530. The van der Waals surface area contributed by atoms with Gasteiger partial charge in [0.25, 0.3) is 0 Å². The summed E-state index contributed by atoms with van der Waals surface area (Å²) in [7, 11) is 3.41. The van der Waals surface area contributed by atoms with Crippen molar-refractivity contribution in [3.05, 3.63) is 23.8 Å². The van der Waals surface area contributed by atoms with E-state index in [0.29, 0.717) is 5.92 Å². The normalized spacial score (nSPS) is 18.1. The fourth-order valence-electron chi connectivity index (χ4n) is 2.98. The molecule has 1 aromatic rings. The Bertz CT molecular complexity index is 426. The number of anilines is 1. The number of rotatable bonds is 5. The maximum absolute atomic E-state index is 10.1.